The van der Waals surface area contributed by atoms with Gasteiger partial charge in [0.05, 0.1) is 0 Å². The van der Waals surface area contributed by atoms with Crippen LogP contribution in [-0.2, 0) is 6.42 Å². The first-order chi connectivity index (χ1) is 8.94. The van der Waals surface area contributed by atoms with Crippen molar-refractivity contribution in [1.29, 1.82) is 0 Å². The summed E-state index contributed by atoms with van der Waals surface area (Å²) in [7, 11) is 0. The van der Waals surface area contributed by atoms with Crippen LogP contribution in [0.5, 0.6) is 5.75 Å². The van der Waals surface area contributed by atoms with Gasteiger partial charge in [-0.05, 0) is 42.9 Å². The molecular weight excluding hydrogens is 255 g/mol. The molecule has 2 rings (SSSR count). The normalized spacial score (nSPS) is 18.5. The maximum Gasteiger partial charge on any atom is 0.573 e. The fourth-order valence-corrected chi connectivity index (χ4v) is 2.65. The lowest BCUT2D eigenvalue weighted by Crippen LogP contribution is -2.30. The smallest absolute Gasteiger partial charge is 0.406 e. The Balaban J connectivity index is 1.91. The van der Waals surface area contributed by atoms with Crippen LogP contribution in [0.3, 0.4) is 0 Å². The largest absolute Gasteiger partial charge is 0.573 e. The fourth-order valence-electron chi connectivity index (χ4n) is 2.65. The molecular formula is C14H18F3NO. The summed E-state index contributed by atoms with van der Waals surface area (Å²) in [4.78, 5) is 0. The summed E-state index contributed by atoms with van der Waals surface area (Å²) in [5, 5.41) is 0. The average Bonchev–Trinajstić information content (AvgIpc) is 2.83. The Hall–Kier alpha value is -1.23. The number of hydrogen-bond acceptors (Lipinski definition) is 2. The second kappa shape index (κ2) is 5.82. The summed E-state index contributed by atoms with van der Waals surface area (Å²) < 4.78 is 39.9. The molecule has 19 heavy (non-hydrogen) atoms. The van der Waals surface area contributed by atoms with Crippen molar-refractivity contribution in [1.82, 2.24) is 0 Å². The first-order valence-corrected chi connectivity index (χ1v) is 6.54. The van der Waals surface area contributed by atoms with Gasteiger partial charge in [0.25, 0.3) is 0 Å². The molecule has 1 aromatic rings. The van der Waals surface area contributed by atoms with E-state index in [1.165, 1.54) is 25.0 Å². The fraction of sp³-hybridized carbons (Fsp3) is 0.571. The van der Waals surface area contributed by atoms with Gasteiger partial charge in [0.1, 0.15) is 5.75 Å². The predicted octanol–water partition coefficient (Wildman–Crippen LogP) is 3.65. The number of halogens is 3. The minimum absolute atomic E-state index is 0.0943. The van der Waals surface area contributed by atoms with Crippen molar-refractivity contribution in [2.45, 2.75) is 44.5 Å². The topological polar surface area (TPSA) is 35.2 Å². The van der Waals surface area contributed by atoms with Gasteiger partial charge < -0.3 is 10.5 Å². The first-order valence-electron chi connectivity index (χ1n) is 6.54. The molecule has 0 spiro atoms. The molecule has 1 aliphatic carbocycles. The molecule has 1 aromatic carbocycles. The molecule has 0 radical (unpaired) electrons. The summed E-state index contributed by atoms with van der Waals surface area (Å²) in [6, 6.07) is 6.07. The van der Waals surface area contributed by atoms with E-state index in [4.69, 9.17) is 5.73 Å². The number of alkyl halides is 3. The van der Waals surface area contributed by atoms with E-state index in [1.54, 1.807) is 12.1 Å². The van der Waals surface area contributed by atoms with E-state index in [0.29, 0.717) is 12.3 Å². The van der Waals surface area contributed by atoms with Gasteiger partial charge in [0, 0.05) is 6.04 Å². The van der Waals surface area contributed by atoms with Crippen molar-refractivity contribution < 1.29 is 17.9 Å². The summed E-state index contributed by atoms with van der Waals surface area (Å²) in [5.74, 6) is 0.358. The van der Waals surface area contributed by atoms with Crippen molar-refractivity contribution in [2.75, 3.05) is 0 Å². The Morgan fingerprint density at radius 2 is 1.74 bits per heavy atom. The second-order valence-corrected chi connectivity index (χ2v) is 5.10. The Morgan fingerprint density at radius 3 is 2.26 bits per heavy atom. The Bertz CT molecular complexity index is 396. The minimum Gasteiger partial charge on any atom is -0.406 e. The molecule has 1 aliphatic rings. The monoisotopic (exact) mass is 273 g/mol. The molecule has 1 unspecified atom stereocenters. The zero-order chi connectivity index (χ0) is 13.9. The van der Waals surface area contributed by atoms with Crippen LogP contribution >= 0.6 is 0 Å². The Kier molecular flexibility index (Phi) is 4.34. The first kappa shape index (κ1) is 14.2. The van der Waals surface area contributed by atoms with Crippen molar-refractivity contribution in [3.05, 3.63) is 29.8 Å². The van der Waals surface area contributed by atoms with Gasteiger partial charge in [-0.2, -0.15) is 0 Å². The standard InChI is InChI=1S/C14H18F3NO/c15-14(16,17)19-12-7-5-10(6-8-12)9-13(18)11-3-1-2-4-11/h5-8,11,13H,1-4,9,18H2. The lowest BCUT2D eigenvalue weighted by Gasteiger charge is -2.19. The van der Waals surface area contributed by atoms with E-state index in [9.17, 15) is 13.2 Å². The minimum atomic E-state index is -4.64. The number of ether oxygens (including phenoxy) is 1. The predicted molar refractivity (Wildman–Crippen MR) is 66.8 cm³/mol. The quantitative estimate of drug-likeness (QED) is 0.909. The van der Waals surface area contributed by atoms with Crippen LogP contribution in [0.1, 0.15) is 31.2 Å². The van der Waals surface area contributed by atoms with E-state index >= 15 is 0 Å². The van der Waals surface area contributed by atoms with E-state index in [1.807, 2.05) is 0 Å². The van der Waals surface area contributed by atoms with Crippen LogP contribution in [0.2, 0.25) is 0 Å². The van der Waals surface area contributed by atoms with Crippen LogP contribution in [-0.4, -0.2) is 12.4 Å². The van der Waals surface area contributed by atoms with E-state index in [0.717, 1.165) is 18.4 Å². The zero-order valence-electron chi connectivity index (χ0n) is 10.6. The highest BCUT2D eigenvalue weighted by Gasteiger charge is 2.31. The third-order valence-corrected chi connectivity index (χ3v) is 3.63. The highest BCUT2D eigenvalue weighted by atomic mass is 19.4. The molecule has 106 valence electrons. The molecule has 0 bridgehead atoms. The maximum atomic E-state index is 12.0. The SMILES string of the molecule is NC(Cc1ccc(OC(F)(F)F)cc1)C1CCCC1. The number of nitrogens with two attached hydrogens (primary N) is 1. The van der Waals surface area contributed by atoms with Crippen LogP contribution in [0, 0.1) is 5.92 Å². The van der Waals surface area contributed by atoms with Gasteiger partial charge in [-0.25, -0.2) is 0 Å². The number of benzene rings is 1. The van der Waals surface area contributed by atoms with Crippen molar-refractivity contribution in [3.63, 3.8) is 0 Å². The molecule has 1 saturated carbocycles. The van der Waals surface area contributed by atoms with Crippen molar-refractivity contribution in [2.24, 2.45) is 11.7 Å². The van der Waals surface area contributed by atoms with Crippen LogP contribution in [0.15, 0.2) is 24.3 Å². The Morgan fingerprint density at radius 1 is 1.16 bits per heavy atom. The van der Waals surface area contributed by atoms with Gasteiger partial charge in [-0.1, -0.05) is 25.0 Å². The molecule has 0 aliphatic heterocycles. The highest BCUT2D eigenvalue weighted by Crippen LogP contribution is 2.29. The Labute approximate surface area is 110 Å². The zero-order valence-corrected chi connectivity index (χ0v) is 10.6. The molecule has 0 saturated heterocycles. The van der Waals surface area contributed by atoms with Gasteiger partial charge >= 0.3 is 6.36 Å². The second-order valence-electron chi connectivity index (χ2n) is 5.10. The van der Waals surface area contributed by atoms with Crippen molar-refractivity contribution in [3.8, 4) is 5.75 Å². The van der Waals surface area contributed by atoms with Crippen LogP contribution in [0.25, 0.3) is 0 Å². The third-order valence-electron chi connectivity index (χ3n) is 3.63. The number of rotatable bonds is 4. The molecule has 0 aromatic heterocycles. The van der Waals surface area contributed by atoms with Crippen LogP contribution < -0.4 is 10.5 Å². The molecule has 2 N–H and O–H groups in total. The van der Waals surface area contributed by atoms with Gasteiger partial charge in [0.15, 0.2) is 0 Å². The third kappa shape index (κ3) is 4.42. The van der Waals surface area contributed by atoms with Gasteiger partial charge in [-0.15, -0.1) is 13.2 Å². The number of hydrogen-bond donors (Lipinski definition) is 1. The lowest BCUT2D eigenvalue weighted by atomic mass is 9.93. The molecule has 1 atom stereocenters. The molecule has 2 nitrogen and oxygen atoms in total. The molecule has 5 heteroatoms. The summed E-state index contributed by atoms with van der Waals surface area (Å²) >= 11 is 0. The van der Waals surface area contributed by atoms with Gasteiger partial charge in [-0.3, -0.25) is 0 Å². The van der Waals surface area contributed by atoms with E-state index < -0.39 is 6.36 Å². The lowest BCUT2D eigenvalue weighted by molar-refractivity contribution is -0.274. The summed E-state index contributed by atoms with van der Waals surface area (Å²) in [6.07, 6.45) is 0.860. The van der Waals surface area contributed by atoms with Gasteiger partial charge in [0.2, 0.25) is 0 Å². The molecule has 1 fully saturated rings. The van der Waals surface area contributed by atoms with Crippen LogP contribution in [0.4, 0.5) is 13.2 Å². The molecule has 0 heterocycles. The highest BCUT2D eigenvalue weighted by molar-refractivity contribution is 5.28. The average molecular weight is 273 g/mol. The van der Waals surface area contributed by atoms with Crippen molar-refractivity contribution >= 4 is 0 Å². The van der Waals surface area contributed by atoms with E-state index in [-0.39, 0.29) is 11.8 Å². The maximum absolute atomic E-state index is 12.0. The molecule has 0 amide bonds. The van der Waals surface area contributed by atoms with E-state index in [2.05, 4.69) is 4.74 Å². The summed E-state index contributed by atoms with van der Waals surface area (Å²) in [5.41, 5.74) is 7.09. The summed E-state index contributed by atoms with van der Waals surface area (Å²) in [6.45, 7) is 0.